The van der Waals surface area contributed by atoms with Gasteiger partial charge in [0.15, 0.2) is 0 Å². The molecule has 2 aliphatic heterocycles. The van der Waals surface area contributed by atoms with Crippen molar-refractivity contribution in [1.82, 2.24) is 29.7 Å². The second kappa shape index (κ2) is 12.5. The van der Waals surface area contributed by atoms with E-state index in [4.69, 9.17) is 27.9 Å². The average molecular weight is 628 g/mol. The smallest absolute Gasteiger partial charge is 0.410 e. The molecule has 0 radical (unpaired) electrons. The molecule has 5 rings (SSSR count). The Morgan fingerprint density at radius 2 is 1.63 bits per heavy atom. The third-order valence-corrected chi connectivity index (χ3v) is 8.77. The van der Waals surface area contributed by atoms with Gasteiger partial charge >= 0.3 is 6.09 Å². The summed E-state index contributed by atoms with van der Waals surface area (Å²) in [6, 6.07) is 15.8. The number of nitrogens with zero attached hydrogens (tertiary/aromatic N) is 6. The lowest BCUT2D eigenvalue weighted by Gasteiger charge is -2.49. The lowest BCUT2D eigenvalue weighted by atomic mass is 9.85. The monoisotopic (exact) mass is 626 g/mol. The summed E-state index contributed by atoms with van der Waals surface area (Å²) in [6.07, 6.45) is 2.19. The molecule has 3 aromatic rings. The van der Waals surface area contributed by atoms with Crippen LogP contribution in [0.15, 0.2) is 54.7 Å². The largest absolute Gasteiger partial charge is 0.444 e. The standard InChI is InChI=1S/C32H40Cl2N6O3/c1-22-19-39(23(2)18-38(22)20-24-9-7-6-8-10-24)29(41)32(11-13-37(14-12-32)30(42)43-31(3,4)5)40-21-28(35-36-40)25-15-26(33)17-27(34)16-25/h6-10,15-17,21-23H,11-14,18-20H2,1-5H3. The topological polar surface area (TPSA) is 83.8 Å². The number of carbonyl (C=O) groups is 2. The van der Waals surface area contributed by atoms with Gasteiger partial charge in [-0.25, -0.2) is 9.48 Å². The SMILES string of the molecule is CC1CN(C(=O)C2(n3cc(-c4cc(Cl)cc(Cl)c4)nn3)CCN(C(=O)OC(C)(C)C)CC2)C(C)CN1Cc1ccccc1. The van der Waals surface area contributed by atoms with Crippen LogP contribution in [0.5, 0.6) is 0 Å². The molecule has 1 aromatic heterocycles. The van der Waals surface area contributed by atoms with Crippen molar-refractivity contribution in [3.05, 3.63) is 70.3 Å². The summed E-state index contributed by atoms with van der Waals surface area (Å²) >= 11 is 12.5. The first-order valence-electron chi connectivity index (χ1n) is 14.8. The molecule has 9 nitrogen and oxygen atoms in total. The fraction of sp³-hybridized carbons (Fsp3) is 0.500. The van der Waals surface area contributed by atoms with Gasteiger partial charge in [-0.1, -0.05) is 58.7 Å². The lowest BCUT2D eigenvalue weighted by Crippen LogP contribution is -2.64. The molecule has 0 N–H and O–H groups in total. The summed E-state index contributed by atoms with van der Waals surface area (Å²) in [5.41, 5.74) is 0.922. The average Bonchev–Trinajstić information content (AvgIpc) is 3.45. The van der Waals surface area contributed by atoms with Gasteiger partial charge in [-0.15, -0.1) is 5.10 Å². The molecule has 2 amide bonds. The fourth-order valence-electron chi connectivity index (χ4n) is 6.02. The van der Waals surface area contributed by atoms with Crippen molar-refractivity contribution >= 4 is 35.2 Å². The number of ether oxygens (including phenoxy) is 1. The van der Waals surface area contributed by atoms with Crippen molar-refractivity contribution in [2.24, 2.45) is 0 Å². The van der Waals surface area contributed by atoms with E-state index < -0.39 is 11.1 Å². The van der Waals surface area contributed by atoms with Gasteiger partial charge in [0.05, 0.1) is 6.20 Å². The van der Waals surface area contributed by atoms with Gasteiger partial charge in [-0.05, 0) is 71.2 Å². The van der Waals surface area contributed by atoms with Gasteiger partial charge in [0, 0.05) is 60.4 Å². The molecule has 43 heavy (non-hydrogen) atoms. The molecule has 0 bridgehead atoms. The minimum absolute atomic E-state index is 0.00405. The van der Waals surface area contributed by atoms with Crippen LogP contribution in [-0.2, 0) is 21.6 Å². The van der Waals surface area contributed by atoms with Crippen molar-refractivity contribution in [3.8, 4) is 11.3 Å². The van der Waals surface area contributed by atoms with E-state index in [2.05, 4.69) is 53.3 Å². The first kappa shape index (κ1) is 31.3. The molecule has 2 aromatic carbocycles. The molecule has 0 aliphatic carbocycles. The van der Waals surface area contributed by atoms with Gasteiger partial charge in [0.25, 0.3) is 5.91 Å². The summed E-state index contributed by atoms with van der Waals surface area (Å²) in [5.74, 6) is -0.00405. The Morgan fingerprint density at radius 3 is 2.26 bits per heavy atom. The number of aromatic nitrogens is 3. The maximum atomic E-state index is 14.7. The Bertz CT molecular complexity index is 1430. The Morgan fingerprint density at radius 1 is 0.977 bits per heavy atom. The van der Waals surface area contributed by atoms with Gasteiger partial charge in [0.2, 0.25) is 0 Å². The fourth-order valence-corrected chi connectivity index (χ4v) is 6.55. The highest BCUT2D eigenvalue weighted by atomic mass is 35.5. The number of benzene rings is 2. The molecular formula is C32H40Cl2N6O3. The number of carbonyl (C=O) groups excluding carboxylic acids is 2. The normalized spacial score (nSPS) is 21.1. The molecule has 0 saturated carbocycles. The molecule has 230 valence electrons. The molecule has 2 saturated heterocycles. The maximum Gasteiger partial charge on any atom is 0.410 e. The number of piperazine rings is 1. The van der Waals surface area contributed by atoms with Gasteiger partial charge in [0.1, 0.15) is 16.8 Å². The van der Waals surface area contributed by atoms with Crippen molar-refractivity contribution in [3.63, 3.8) is 0 Å². The highest BCUT2D eigenvalue weighted by Crippen LogP contribution is 2.36. The Hall–Kier alpha value is -3.14. The van der Waals surface area contributed by atoms with Crippen LogP contribution in [0.25, 0.3) is 11.3 Å². The molecular weight excluding hydrogens is 587 g/mol. The van der Waals surface area contributed by atoms with Crippen LogP contribution in [0.4, 0.5) is 4.79 Å². The van der Waals surface area contributed by atoms with Crippen LogP contribution in [0.3, 0.4) is 0 Å². The predicted octanol–water partition coefficient (Wildman–Crippen LogP) is 6.10. The van der Waals surface area contributed by atoms with E-state index in [1.54, 1.807) is 34.0 Å². The van der Waals surface area contributed by atoms with E-state index >= 15 is 0 Å². The molecule has 2 atom stereocenters. The Balaban J connectivity index is 1.42. The van der Waals surface area contributed by atoms with E-state index in [9.17, 15) is 9.59 Å². The van der Waals surface area contributed by atoms with Crippen molar-refractivity contribution in [2.75, 3.05) is 26.2 Å². The highest BCUT2D eigenvalue weighted by Gasteiger charge is 2.49. The number of hydrogen-bond donors (Lipinski definition) is 0. The van der Waals surface area contributed by atoms with Crippen LogP contribution < -0.4 is 0 Å². The predicted molar refractivity (Wildman–Crippen MR) is 168 cm³/mol. The second-order valence-corrected chi connectivity index (χ2v) is 13.6. The number of likely N-dealkylation sites (tertiary alicyclic amines) is 1. The highest BCUT2D eigenvalue weighted by molar-refractivity contribution is 6.35. The zero-order chi connectivity index (χ0) is 30.9. The third-order valence-electron chi connectivity index (χ3n) is 8.34. The van der Waals surface area contributed by atoms with E-state index in [0.29, 0.717) is 53.8 Å². The van der Waals surface area contributed by atoms with Crippen molar-refractivity contribution in [1.29, 1.82) is 0 Å². The van der Waals surface area contributed by atoms with Crippen molar-refractivity contribution < 1.29 is 14.3 Å². The molecule has 0 spiro atoms. The molecule has 3 heterocycles. The van der Waals surface area contributed by atoms with Gasteiger partial charge < -0.3 is 14.5 Å². The quantitative estimate of drug-likeness (QED) is 0.340. The van der Waals surface area contributed by atoms with Crippen molar-refractivity contribution in [2.45, 2.75) is 77.2 Å². The number of amides is 2. The summed E-state index contributed by atoms with van der Waals surface area (Å²) in [6.45, 7) is 12.7. The van der Waals surface area contributed by atoms with Crippen LogP contribution in [0.1, 0.15) is 53.0 Å². The molecule has 2 aliphatic rings. The molecule has 11 heteroatoms. The summed E-state index contributed by atoms with van der Waals surface area (Å²) in [4.78, 5) is 33.7. The Labute approximate surface area is 263 Å². The first-order chi connectivity index (χ1) is 20.3. The van der Waals surface area contributed by atoms with Crippen LogP contribution >= 0.6 is 23.2 Å². The van der Waals surface area contributed by atoms with E-state index in [1.807, 2.05) is 31.7 Å². The summed E-state index contributed by atoms with van der Waals surface area (Å²) < 4.78 is 7.32. The van der Waals surface area contributed by atoms with E-state index in [1.165, 1.54) is 5.56 Å². The number of rotatable bonds is 5. The zero-order valence-corrected chi connectivity index (χ0v) is 27.0. The number of piperidine rings is 1. The van der Waals surface area contributed by atoms with Crippen LogP contribution in [0, 0.1) is 0 Å². The minimum atomic E-state index is -1.01. The van der Waals surface area contributed by atoms with Gasteiger partial charge in [-0.2, -0.15) is 0 Å². The summed E-state index contributed by atoms with van der Waals surface area (Å²) in [5, 5.41) is 9.90. The number of hydrogen-bond acceptors (Lipinski definition) is 6. The second-order valence-electron chi connectivity index (χ2n) is 12.8. The summed E-state index contributed by atoms with van der Waals surface area (Å²) in [7, 11) is 0. The van der Waals surface area contributed by atoms with E-state index in [-0.39, 0.29) is 24.1 Å². The first-order valence-corrected chi connectivity index (χ1v) is 15.6. The molecule has 2 unspecified atom stereocenters. The number of halogens is 2. The minimum Gasteiger partial charge on any atom is -0.444 e. The maximum absolute atomic E-state index is 14.7. The van der Waals surface area contributed by atoms with Crippen LogP contribution in [-0.4, -0.2) is 85.6 Å². The van der Waals surface area contributed by atoms with Gasteiger partial charge in [-0.3, -0.25) is 9.69 Å². The van der Waals surface area contributed by atoms with E-state index in [0.717, 1.165) is 13.1 Å². The Kier molecular flexibility index (Phi) is 9.07. The lowest BCUT2D eigenvalue weighted by molar-refractivity contribution is -0.151. The van der Waals surface area contributed by atoms with Crippen LogP contribution in [0.2, 0.25) is 10.0 Å². The zero-order valence-electron chi connectivity index (χ0n) is 25.5. The molecule has 2 fully saturated rings. The third kappa shape index (κ3) is 7.00.